The molecule has 8 heteroatoms. The summed E-state index contributed by atoms with van der Waals surface area (Å²) in [6.45, 7) is 5.24. The molecule has 1 N–H and O–H groups in total. The Morgan fingerprint density at radius 1 is 1.19 bits per heavy atom. The van der Waals surface area contributed by atoms with Crippen LogP contribution in [0.2, 0.25) is 0 Å². The highest BCUT2D eigenvalue weighted by Gasteiger charge is 2.32. The molecule has 0 atom stereocenters. The summed E-state index contributed by atoms with van der Waals surface area (Å²) in [5.74, 6) is 0.223. The fourth-order valence-electron chi connectivity index (χ4n) is 4.09. The lowest BCUT2D eigenvalue weighted by atomic mass is 10.0. The Morgan fingerprint density at radius 2 is 1.90 bits per heavy atom. The molecule has 3 aromatic rings. The van der Waals surface area contributed by atoms with Gasteiger partial charge < -0.3 is 9.88 Å². The maximum absolute atomic E-state index is 13.2. The first kappa shape index (κ1) is 21.5. The van der Waals surface area contributed by atoms with Gasteiger partial charge in [0.1, 0.15) is 10.6 Å². The van der Waals surface area contributed by atoms with Crippen LogP contribution in [0.5, 0.6) is 0 Å². The van der Waals surface area contributed by atoms with Crippen LogP contribution in [0.1, 0.15) is 41.5 Å². The standard InChI is InChI=1S/C23H28N4O3S/c1-16-9-12-27(13-10-16)31(29,30)21-14-20(26(3)17(21)2)23(28)25-15-19-7-4-6-18-8-5-11-24-22(18)19/h4-8,11,14,16H,9-10,12-13,15H2,1-3H3,(H,25,28). The van der Waals surface area contributed by atoms with E-state index in [1.54, 1.807) is 29.0 Å². The molecule has 164 valence electrons. The van der Waals surface area contributed by atoms with Crippen LogP contribution in [-0.4, -0.2) is 41.3 Å². The van der Waals surface area contributed by atoms with Crippen LogP contribution >= 0.6 is 0 Å². The SMILES string of the molecule is Cc1c(S(=O)(=O)N2CCC(C)CC2)cc(C(=O)NCc2cccc3cccnc23)n1C. The summed E-state index contributed by atoms with van der Waals surface area (Å²) in [5, 5.41) is 3.92. The second kappa shape index (κ2) is 8.43. The highest BCUT2D eigenvalue weighted by molar-refractivity contribution is 7.89. The van der Waals surface area contributed by atoms with Gasteiger partial charge in [-0.25, -0.2) is 8.42 Å². The number of aromatic nitrogens is 2. The smallest absolute Gasteiger partial charge is 0.268 e. The molecule has 1 saturated heterocycles. The van der Waals surface area contributed by atoms with Crippen molar-refractivity contribution in [3.8, 4) is 0 Å². The molecule has 0 unspecified atom stereocenters. The van der Waals surface area contributed by atoms with Crippen LogP contribution in [0.3, 0.4) is 0 Å². The first-order valence-electron chi connectivity index (χ1n) is 10.6. The van der Waals surface area contributed by atoms with Crippen molar-refractivity contribution in [2.75, 3.05) is 13.1 Å². The molecule has 7 nitrogen and oxygen atoms in total. The minimum absolute atomic E-state index is 0.210. The minimum Gasteiger partial charge on any atom is -0.347 e. The Kier molecular flexibility index (Phi) is 5.85. The van der Waals surface area contributed by atoms with Crippen molar-refractivity contribution in [3.63, 3.8) is 0 Å². The predicted molar refractivity (Wildman–Crippen MR) is 120 cm³/mol. The average molecular weight is 441 g/mol. The lowest BCUT2D eigenvalue weighted by Crippen LogP contribution is -2.38. The second-order valence-corrected chi connectivity index (χ2v) is 10.2. The molecule has 3 heterocycles. The molecule has 4 rings (SSSR count). The van der Waals surface area contributed by atoms with Gasteiger partial charge in [-0.15, -0.1) is 0 Å². The maximum atomic E-state index is 13.2. The summed E-state index contributed by atoms with van der Waals surface area (Å²) in [5.41, 5.74) is 2.65. The van der Waals surface area contributed by atoms with E-state index >= 15 is 0 Å². The Balaban J connectivity index is 1.55. The summed E-state index contributed by atoms with van der Waals surface area (Å²) in [6.07, 6.45) is 3.45. The van der Waals surface area contributed by atoms with Crippen molar-refractivity contribution >= 4 is 26.8 Å². The molecule has 1 aromatic carbocycles. The monoisotopic (exact) mass is 440 g/mol. The number of sulfonamides is 1. The molecule has 0 aliphatic carbocycles. The molecule has 2 aromatic heterocycles. The topological polar surface area (TPSA) is 84.3 Å². The van der Waals surface area contributed by atoms with Crippen molar-refractivity contribution in [3.05, 3.63) is 59.5 Å². The van der Waals surface area contributed by atoms with E-state index < -0.39 is 10.0 Å². The van der Waals surface area contributed by atoms with Gasteiger partial charge in [0.05, 0.1) is 5.52 Å². The number of rotatable bonds is 5. The van der Waals surface area contributed by atoms with Crippen LogP contribution in [0.25, 0.3) is 10.9 Å². The molecular weight excluding hydrogens is 412 g/mol. The number of carbonyl (C=O) groups is 1. The van der Waals surface area contributed by atoms with Gasteiger partial charge in [0.2, 0.25) is 10.0 Å². The predicted octanol–water partition coefficient (Wildman–Crippen LogP) is 3.23. The van der Waals surface area contributed by atoms with Gasteiger partial charge in [-0.05, 0) is 43.4 Å². The number of fused-ring (bicyclic) bond motifs is 1. The van der Waals surface area contributed by atoms with E-state index in [9.17, 15) is 13.2 Å². The summed E-state index contributed by atoms with van der Waals surface area (Å²) in [7, 11) is -1.90. The van der Waals surface area contributed by atoms with Gasteiger partial charge >= 0.3 is 0 Å². The maximum Gasteiger partial charge on any atom is 0.268 e. The average Bonchev–Trinajstić information content (AvgIpc) is 3.07. The van der Waals surface area contributed by atoms with Crippen molar-refractivity contribution in [1.29, 1.82) is 0 Å². The van der Waals surface area contributed by atoms with Gasteiger partial charge in [0.25, 0.3) is 5.91 Å². The minimum atomic E-state index is -3.62. The third-order valence-corrected chi connectivity index (χ3v) is 8.25. The number of nitrogens with one attached hydrogen (secondary N) is 1. The Hall–Kier alpha value is -2.71. The van der Waals surface area contributed by atoms with E-state index in [4.69, 9.17) is 0 Å². The van der Waals surface area contributed by atoms with Crippen LogP contribution in [0.4, 0.5) is 0 Å². The number of nitrogens with zero attached hydrogens (tertiary/aromatic N) is 3. The summed E-state index contributed by atoms with van der Waals surface area (Å²) >= 11 is 0. The van der Waals surface area contributed by atoms with Crippen molar-refractivity contribution in [2.24, 2.45) is 13.0 Å². The highest BCUT2D eigenvalue weighted by atomic mass is 32.2. The van der Waals surface area contributed by atoms with Crippen LogP contribution in [0, 0.1) is 12.8 Å². The van der Waals surface area contributed by atoms with E-state index in [1.165, 1.54) is 6.07 Å². The molecule has 0 saturated carbocycles. The third-order valence-electron chi connectivity index (χ3n) is 6.24. The number of carbonyl (C=O) groups excluding carboxylic acids is 1. The fraction of sp³-hybridized carbons (Fsp3) is 0.391. The van der Waals surface area contributed by atoms with E-state index in [0.717, 1.165) is 29.3 Å². The zero-order chi connectivity index (χ0) is 22.2. The lowest BCUT2D eigenvalue weighted by molar-refractivity contribution is 0.0942. The second-order valence-electron chi connectivity index (χ2n) is 8.30. The quantitative estimate of drug-likeness (QED) is 0.660. The Morgan fingerprint density at radius 3 is 2.65 bits per heavy atom. The molecule has 1 amide bonds. The van der Waals surface area contributed by atoms with E-state index in [-0.39, 0.29) is 10.8 Å². The van der Waals surface area contributed by atoms with Crippen molar-refractivity contribution < 1.29 is 13.2 Å². The van der Waals surface area contributed by atoms with E-state index in [1.807, 2.05) is 30.3 Å². The highest BCUT2D eigenvalue weighted by Crippen LogP contribution is 2.27. The molecule has 0 bridgehead atoms. The number of hydrogen-bond acceptors (Lipinski definition) is 4. The molecule has 1 fully saturated rings. The van der Waals surface area contributed by atoms with Gasteiger partial charge in [0, 0.05) is 44.0 Å². The molecule has 31 heavy (non-hydrogen) atoms. The zero-order valence-corrected chi connectivity index (χ0v) is 18.9. The van der Waals surface area contributed by atoms with Gasteiger partial charge in [0.15, 0.2) is 0 Å². The summed E-state index contributed by atoms with van der Waals surface area (Å²) in [6, 6.07) is 11.2. The molecule has 1 aliphatic rings. The number of benzene rings is 1. The molecule has 1 aliphatic heterocycles. The first-order valence-corrected chi connectivity index (χ1v) is 12.0. The van der Waals surface area contributed by atoms with Crippen LogP contribution in [-0.2, 0) is 23.6 Å². The molecule has 0 spiro atoms. The number of para-hydroxylation sites is 1. The fourth-order valence-corrected chi connectivity index (χ4v) is 5.83. The van der Waals surface area contributed by atoms with Crippen LogP contribution < -0.4 is 5.32 Å². The lowest BCUT2D eigenvalue weighted by Gasteiger charge is -2.29. The molecular formula is C23H28N4O3S. The number of amides is 1. The van der Waals surface area contributed by atoms with Gasteiger partial charge in [-0.3, -0.25) is 9.78 Å². The van der Waals surface area contributed by atoms with E-state index in [2.05, 4.69) is 17.2 Å². The van der Waals surface area contributed by atoms with Gasteiger partial charge in [-0.2, -0.15) is 4.31 Å². The normalized spacial score (nSPS) is 16.0. The van der Waals surface area contributed by atoms with Crippen molar-refractivity contribution in [1.82, 2.24) is 19.2 Å². The Labute approximate surface area is 183 Å². The van der Waals surface area contributed by atoms with E-state index in [0.29, 0.717) is 36.9 Å². The number of pyridine rings is 1. The number of hydrogen-bond donors (Lipinski definition) is 1. The largest absolute Gasteiger partial charge is 0.347 e. The summed E-state index contributed by atoms with van der Waals surface area (Å²) in [4.78, 5) is 17.6. The third kappa shape index (κ3) is 4.09. The zero-order valence-electron chi connectivity index (χ0n) is 18.1. The van der Waals surface area contributed by atoms with Crippen molar-refractivity contribution in [2.45, 2.75) is 38.1 Å². The summed E-state index contributed by atoms with van der Waals surface area (Å²) < 4.78 is 29.6. The Bertz CT molecular complexity index is 1220. The molecule has 0 radical (unpaired) electrons. The number of piperidine rings is 1. The first-order chi connectivity index (χ1) is 14.8. The van der Waals surface area contributed by atoms with Crippen LogP contribution in [0.15, 0.2) is 47.5 Å². The van der Waals surface area contributed by atoms with Gasteiger partial charge in [-0.1, -0.05) is 31.2 Å².